The Hall–Kier alpha value is -0.281. The van der Waals surface area contributed by atoms with E-state index in [2.05, 4.69) is 49.5 Å². The molecule has 0 radical (unpaired) electrons. The maximum atomic E-state index is 10.0. The molecule has 0 bridgehead atoms. The van der Waals surface area contributed by atoms with Crippen molar-refractivity contribution in [3.63, 3.8) is 0 Å². The van der Waals surface area contributed by atoms with Gasteiger partial charge >= 0.3 is 27.5 Å². The molecule has 3 nitrogen and oxygen atoms in total. The van der Waals surface area contributed by atoms with Crippen LogP contribution in [-0.2, 0) is 22.7 Å². The van der Waals surface area contributed by atoms with Crippen molar-refractivity contribution in [2.45, 2.75) is 53.5 Å². The van der Waals surface area contributed by atoms with Crippen molar-refractivity contribution in [3.05, 3.63) is 27.8 Å². The fraction of sp³-hybridized carbons (Fsp3) is 0.600. The Balaban J connectivity index is 0.000000327. The third kappa shape index (κ3) is 5.25. The van der Waals surface area contributed by atoms with Crippen LogP contribution in [0.4, 0.5) is 0 Å². The molecule has 5 heteroatoms. The Morgan fingerprint density at radius 3 is 1.85 bits per heavy atom. The standard InChI is InChI=1S/C10H15.C5H9NO2.ClH.Ir/c1-6-7(2)9(4)10(5)8(6)3;7-5(8)4-2-1-3-6-4;;/h1-5H3;4,6H,1-3H2,(H,7,8);1H;/q-1;;;+3/p-2. The van der Waals surface area contributed by atoms with E-state index >= 15 is 0 Å². The number of carboxylic acid groups (broad SMARTS) is 1. The molecule has 116 valence electrons. The zero-order valence-corrected chi connectivity index (χ0v) is 15.9. The number of halogens is 1. The van der Waals surface area contributed by atoms with Gasteiger partial charge in [-0.2, -0.15) is 27.8 Å². The van der Waals surface area contributed by atoms with E-state index in [0.717, 1.165) is 19.4 Å². The molecule has 2 rings (SSSR count). The van der Waals surface area contributed by atoms with Crippen LogP contribution < -0.4 is 10.4 Å². The van der Waals surface area contributed by atoms with Crippen molar-refractivity contribution in [1.29, 1.82) is 0 Å². The fourth-order valence-electron chi connectivity index (χ4n) is 2.29. The Labute approximate surface area is 136 Å². The number of hydrogen-bond donors (Lipinski definition) is 1. The van der Waals surface area contributed by atoms with Crippen LogP contribution in [-0.4, -0.2) is 18.6 Å². The molecule has 1 aromatic carbocycles. The summed E-state index contributed by atoms with van der Waals surface area (Å²) in [5, 5.41) is 12.8. The third-order valence-electron chi connectivity index (χ3n) is 4.16. The van der Waals surface area contributed by atoms with E-state index in [0.29, 0.717) is 0 Å². The van der Waals surface area contributed by atoms with Gasteiger partial charge in [0, 0.05) is 6.04 Å². The molecule has 1 saturated heterocycles. The van der Waals surface area contributed by atoms with E-state index in [1.54, 1.807) is 0 Å². The Bertz CT molecular complexity index is 357. The minimum absolute atomic E-state index is 0.380. The molecule has 1 unspecified atom stereocenters. The van der Waals surface area contributed by atoms with E-state index in [1.807, 2.05) is 0 Å². The molecule has 0 aromatic heterocycles. The first-order chi connectivity index (χ1) is 9.36. The van der Waals surface area contributed by atoms with Crippen LogP contribution in [0.25, 0.3) is 0 Å². The quantitative estimate of drug-likeness (QED) is 0.632. The molecule has 1 N–H and O–H groups in total. The van der Waals surface area contributed by atoms with Crippen LogP contribution in [0.1, 0.15) is 40.7 Å². The van der Waals surface area contributed by atoms with Crippen molar-refractivity contribution >= 4 is 15.6 Å². The Morgan fingerprint density at radius 1 is 1.25 bits per heavy atom. The summed E-state index contributed by atoms with van der Waals surface area (Å²) in [5.41, 5.74) is 7.34. The molecule has 0 spiro atoms. The zero-order valence-electron chi connectivity index (χ0n) is 12.7. The topological polar surface area (TPSA) is 52.2 Å². The summed E-state index contributed by atoms with van der Waals surface area (Å²) in [7, 11) is 4.64. The number of rotatable bonds is 1. The maximum absolute atomic E-state index is 10.0. The monoisotopic (exact) mass is 477 g/mol. The van der Waals surface area contributed by atoms with Crippen molar-refractivity contribution in [2.75, 3.05) is 6.54 Å². The summed E-state index contributed by atoms with van der Waals surface area (Å²) >= 11 is 1.47. The summed E-state index contributed by atoms with van der Waals surface area (Å²) in [6, 6.07) is -0.380. The van der Waals surface area contributed by atoms with Gasteiger partial charge in [0.15, 0.2) is 0 Å². The van der Waals surface area contributed by atoms with Gasteiger partial charge in [-0.15, -0.1) is 0 Å². The second-order valence-electron chi connectivity index (χ2n) is 5.09. The number of nitrogens with one attached hydrogen (secondary N) is 1. The van der Waals surface area contributed by atoms with E-state index < -0.39 is 5.97 Å². The molecule has 1 atom stereocenters. The number of hydrogen-bond acceptors (Lipinski definition) is 3. The number of carboxylic acids is 1. The van der Waals surface area contributed by atoms with Crippen molar-refractivity contribution in [2.24, 2.45) is 0 Å². The summed E-state index contributed by atoms with van der Waals surface area (Å²) in [6.45, 7) is 11.8. The Kier molecular flexibility index (Phi) is 9.48. The molecule has 0 amide bonds. The molecule has 1 heterocycles. The van der Waals surface area contributed by atoms with E-state index in [-0.39, 0.29) is 6.04 Å². The second kappa shape index (κ2) is 9.62. The predicted molar refractivity (Wildman–Crippen MR) is 77.6 cm³/mol. The van der Waals surface area contributed by atoms with Crippen LogP contribution in [0.2, 0.25) is 0 Å². The van der Waals surface area contributed by atoms with Crippen molar-refractivity contribution in [1.82, 2.24) is 5.32 Å². The molecule has 1 aliphatic rings. The van der Waals surface area contributed by atoms with Gasteiger partial charge in [-0.25, -0.2) is 0 Å². The van der Waals surface area contributed by atoms with Crippen molar-refractivity contribution < 1.29 is 27.8 Å². The molecule has 0 aliphatic carbocycles. The number of aliphatic carboxylic acids is 1. The molecule has 1 aromatic rings. The van der Waals surface area contributed by atoms with E-state index in [4.69, 9.17) is 0 Å². The Morgan fingerprint density at radius 2 is 1.70 bits per heavy atom. The molecule has 0 saturated carbocycles. The van der Waals surface area contributed by atoms with Gasteiger partial charge in [0.25, 0.3) is 0 Å². The van der Waals surface area contributed by atoms with Gasteiger partial charge < -0.3 is 15.2 Å². The van der Waals surface area contributed by atoms with E-state index in [1.165, 1.54) is 45.7 Å². The fourth-order valence-corrected chi connectivity index (χ4v) is 2.29. The van der Waals surface area contributed by atoms with Gasteiger partial charge in [-0.1, -0.05) is 34.6 Å². The van der Waals surface area contributed by atoms with Crippen LogP contribution >= 0.6 is 9.58 Å². The summed E-state index contributed by atoms with van der Waals surface area (Å²) in [4.78, 5) is 10.0. The molecule has 20 heavy (non-hydrogen) atoms. The average Bonchev–Trinajstić information content (AvgIpc) is 3.04. The number of carbonyl (C=O) groups excluding carboxylic acids is 1. The molecule has 1 aliphatic heterocycles. The number of carbonyl (C=O) groups is 1. The summed E-state index contributed by atoms with van der Waals surface area (Å²) < 4.78 is 0. The normalized spacial score (nSPS) is 16.9. The van der Waals surface area contributed by atoms with Crippen molar-refractivity contribution in [3.8, 4) is 0 Å². The summed E-state index contributed by atoms with van der Waals surface area (Å²) in [6.07, 6.45) is 1.68. The van der Waals surface area contributed by atoms with Crippen LogP contribution in [0.5, 0.6) is 0 Å². The van der Waals surface area contributed by atoms with Gasteiger partial charge in [-0.05, 0) is 19.4 Å². The minimum atomic E-state index is -0.970. The van der Waals surface area contributed by atoms with E-state index in [9.17, 15) is 9.90 Å². The van der Waals surface area contributed by atoms with Gasteiger partial charge in [0.2, 0.25) is 0 Å². The molecular formula is C15H23ClIrNO2. The summed E-state index contributed by atoms with van der Waals surface area (Å²) in [5.74, 6) is -0.970. The molecule has 1 fully saturated rings. The first kappa shape index (κ1) is 19.7. The first-order valence-electron chi connectivity index (χ1n) is 6.62. The van der Waals surface area contributed by atoms with Crippen LogP contribution in [0.15, 0.2) is 0 Å². The average molecular weight is 477 g/mol. The SMILES string of the molecule is Cc1c(C)c(C)[c-](C)c1C.O=C([O-])C1CCCN1.[Cl][Ir+2]. The van der Waals surface area contributed by atoms with Crippen LogP contribution in [0.3, 0.4) is 0 Å². The van der Waals surface area contributed by atoms with Gasteiger partial charge in [0.1, 0.15) is 0 Å². The molecular weight excluding hydrogens is 454 g/mol. The third-order valence-corrected chi connectivity index (χ3v) is 4.16. The zero-order chi connectivity index (χ0) is 15.9. The predicted octanol–water partition coefficient (Wildman–Crippen LogP) is 2.12. The second-order valence-corrected chi connectivity index (χ2v) is 5.09. The first-order valence-corrected chi connectivity index (χ1v) is 9.59. The van der Waals surface area contributed by atoms with Gasteiger partial charge in [-0.3, -0.25) is 0 Å². The van der Waals surface area contributed by atoms with Gasteiger partial charge in [0.05, 0.1) is 5.97 Å². The van der Waals surface area contributed by atoms with Crippen LogP contribution in [0, 0.1) is 34.6 Å².